The summed E-state index contributed by atoms with van der Waals surface area (Å²) in [6.07, 6.45) is 4.11. The Bertz CT molecular complexity index is 1290. The van der Waals surface area contributed by atoms with Crippen molar-refractivity contribution in [3.8, 4) is 0 Å². The van der Waals surface area contributed by atoms with Gasteiger partial charge in [-0.25, -0.2) is 0 Å². The Hall–Kier alpha value is -3.46. The van der Waals surface area contributed by atoms with Crippen LogP contribution in [-0.4, -0.2) is 45.5 Å². The summed E-state index contributed by atoms with van der Waals surface area (Å²) < 4.78 is 1.69. The van der Waals surface area contributed by atoms with E-state index < -0.39 is 0 Å². The van der Waals surface area contributed by atoms with E-state index in [2.05, 4.69) is 28.3 Å². The molecule has 1 atom stereocenters. The lowest BCUT2D eigenvalue weighted by Gasteiger charge is -2.34. The maximum atomic E-state index is 13.4. The van der Waals surface area contributed by atoms with Gasteiger partial charge in [-0.05, 0) is 49.8 Å². The molecule has 1 N–H and O–H groups in total. The fourth-order valence-electron chi connectivity index (χ4n) is 5.23. The highest BCUT2D eigenvalue weighted by molar-refractivity contribution is 7.10. The highest BCUT2D eigenvalue weighted by Crippen LogP contribution is 2.35. The zero-order valence-corrected chi connectivity index (χ0v) is 21.7. The third kappa shape index (κ3) is 4.43. The molecule has 5 rings (SSSR count). The number of hydrogen-bond acceptors (Lipinski definition) is 6. The summed E-state index contributed by atoms with van der Waals surface area (Å²) in [6, 6.07) is 9.60. The Morgan fingerprint density at radius 1 is 1.17 bits per heavy atom. The lowest BCUT2D eigenvalue weighted by Crippen LogP contribution is -2.42. The second-order valence-corrected chi connectivity index (χ2v) is 10.5. The minimum Gasteiger partial charge on any atom is -0.371 e. The summed E-state index contributed by atoms with van der Waals surface area (Å²) in [5.41, 5.74) is 3.35. The number of anilines is 1. The van der Waals surface area contributed by atoms with Gasteiger partial charge in [0.2, 0.25) is 5.91 Å². The van der Waals surface area contributed by atoms with Crippen molar-refractivity contribution < 1.29 is 14.4 Å². The zero-order chi connectivity index (χ0) is 25.4. The predicted molar refractivity (Wildman–Crippen MR) is 139 cm³/mol. The maximum Gasteiger partial charge on any atom is 0.263 e. The number of piperidine rings is 1. The molecular formula is C27H31N5O3S. The van der Waals surface area contributed by atoms with Gasteiger partial charge in [0.15, 0.2) is 0 Å². The number of hydrogen-bond donors (Lipinski definition) is 1. The fourth-order valence-corrected chi connectivity index (χ4v) is 6.09. The Balaban J connectivity index is 1.27. The second kappa shape index (κ2) is 9.89. The number of aryl methyl sites for hydroxylation is 2. The van der Waals surface area contributed by atoms with Crippen LogP contribution < -0.4 is 10.2 Å². The third-order valence-electron chi connectivity index (χ3n) is 7.24. The van der Waals surface area contributed by atoms with E-state index in [-0.39, 0.29) is 36.2 Å². The molecule has 0 bridgehead atoms. The summed E-state index contributed by atoms with van der Waals surface area (Å²) in [7, 11) is 1.82. The van der Waals surface area contributed by atoms with E-state index in [0.717, 1.165) is 23.4 Å². The maximum absolute atomic E-state index is 13.4. The van der Waals surface area contributed by atoms with Crippen LogP contribution >= 0.6 is 11.3 Å². The lowest BCUT2D eigenvalue weighted by molar-refractivity contribution is -0.126. The summed E-state index contributed by atoms with van der Waals surface area (Å²) in [4.78, 5) is 44.2. The van der Waals surface area contributed by atoms with E-state index in [4.69, 9.17) is 0 Å². The first kappa shape index (κ1) is 24.2. The van der Waals surface area contributed by atoms with E-state index in [1.807, 2.05) is 43.7 Å². The van der Waals surface area contributed by atoms with Gasteiger partial charge in [0.1, 0.15) is 0 Å². The van der Waals surface area contributed by atoms with E-state index in [9.17, 15) is 14.4 Å². The average Bonchev–Trinajstić information content (AvgIpc) is 3.58. The van der Waals surface area contributed by atoms with Crippen molar-refractivity contribution in [3.63, 3.8) is 0 Å². The van der Waals surface area contributed by atoms with Crippen molar-refractivity contribution in [1.29, 1.82) is 0 Å². The molecule has 9 heteroatoms. The highest BCUT2D eigenvalue weighted by Gasteiger charge is 2.39. The third-order valence-corrected chi connectivity index (χ3v) is 8.22. The minimum atomic E-state index is -0.270. The Morgan fingerprint density at radius 3 is 2.58 bits per heavy atom. The van der Waals surface area contributed by atoms with Crippen molar-refractivity contribution in [1.82, 2.24) is 20.0 Å². The molecule has 0 aliphatic carbocycles. The van der Waals surface area contributed by atoms with Crippen molar-refractivity contribution in [2.75, 3.05) is 18.0 Å². The number of aromatic nitrogens is 2. The van der Waals surface area contributed by atoms with Crippen LogP contribution in [0.4, 0.5) is 5.69 Å². The molecule has 8 nitrogen and oxygen atoms in total. The number of thiophene rings is 1. The number of fused-ring (bicyclic) bond motifs is 1. The number of carbonyl (C=O) groups excluding carboxylic acids is 3. The highest BCUT2D eigenvalue weighted by atomic mass is 32.1. The largest absolute Gasteiger partial charge is 0.371 e. The summed E-state index contributed by atoms with van der Waals surface area (Å²) >= 11 is 1.66. The molecule has 36 heavy (non-hydrogen) atoms. The van der Waals surface area contributed by atoms with E-state index >= 15 is 0 Å². The van der Waals surface area contributed by atoms with Gasteiger partial charge in [0, 0.05) is 42.7 Å². The van der Waals surface area contributed by atoms with E-state index in [1.165, 1.54) is 9.78 Å². The molecule has 1 saturated heterocycles. The smallest absolute Gasteiger partial charge is 0.263 e. The molecule has 2 aliphatic rings. The zero-order valence-electron chi connectivity index (χ0n) is 20.9. The molecule has 0 radical (unpaired) electrons. The molecule has 0 unspecified atom stereocenters. The number of imide groups is 1. The second-order valence-electron chi connectivity index (χ2n) is 9.56. The van der Waals surface area contributed by atoms with Crippen LogP contribution in [0.25, 0.3) is 0 Å². The summed E-state index contributed by atoms with van der Waals surface area (Å²) in [6.45, 7) is 5.49. The average molecular weight is 506 g/mol. The van der Waals surface area contributed by atoms with Crippen LogP contribution in [-0.2, 0) is 18.4 Å². The van der Waals surface area contributed by atoms with Gasteiger partial charge >= 0.3 is 0 Å². The van der Waals surface area contributed by atoms with Gasteiger partial charge in [0.25, 0.3) is 11.8 Å². The van der Waals surface area contributed by atoms with Crippen LogP contribution in [0.1, 0.15) is 69.1 Å². The molecule has 188 valence electrons. The van der Waals surface area contributed by atoms with Gasteiger partial charge in [-0.3, -0.25) is 24.0 Å². The Labute approximate surface area is 214 Å². The first-order valence-corrected chi connectivity index (χ1v) is 13.3. The standard InChI is InChI=1S/C27H31N5O3S/c1-4-21(23-9-6-14-36-23)28-25(33)18-10-12-31(13-11-18)22-8-5-7-20-24(22)27(35)32(26(20)34)16-19-15-30(3)29-17(19)2/h5-9,14-15,18,21H,4,10-13,16H2,1-3H3,(H,28,33)/t21-/m0/s1. The molecule has 4 heterocycles. The first-order valence-electron chi connectivity index (χ1n) is 12.4. The number of nitrogens with zero attached hydrogens (tertiary/aromatic N) is 4. The van der Waals surface area contributed by atoms with Gasteiger partial charge in [-0.15, -0.1) is 11.3 Å². The van der Waals surface area contributed by atoms with Gasteiger partial charge in [-0.1, -0.05) is 19.1 Å². The molecule has 3 aromatic rings. The molecule has 1 aromatic carbocycles. The van der Waals surface area contributed by atoms with Crippen molar-refractivity contribution in [3.05, 3.63) is 69.2 Å². The van der Waals surface area contributed by atoms with Crippen LogP contribution in [0, 0.1) is 12.8 Å². The normalized spacial score (nSPS) is 17.0. The molecule has 2 aromatic heterocycles. The molecular weight excluding hydrogens is 474 g/mol. The monoisotopic (exact) mass is 505 g/mol. The van der Waals surface area contributed by atoms with Crippen LogP contribution in [0.2, 0.25) is 0 Å². The molecule has 1 fully saturated rings. The van der Waals surface area contributed by atoms with Crippen LogP contribution in [0.5, 0.6) is 0 Å². The van der Waals surface area contributed by atoms with Crippen LogP contribution in [0.3, 0.4) is 0 Å². The quantitative estimate of drug-likeness (QED) is 0.489. The fraction of sp³-hybridized carbons (Fsp3) is 0.407. The summed E-state index contributed by atoms with van der Waals surface area (Å²) in [5.74, 6) is -0.504. The first-order chi connectivity index (χ1) is 17.4. The lowest BCUT2D eigenvalue weighted by atomic mass is 9.94. The number of carbonyl (C=O) groups is 3. The number of nitrogens with one attached hydrogen (secondary N) is 1. The van der Waals surface area contributed by atoms with Crippen molar-refractivity contribution in [2.24, 2.45) is 13.0 Å². The van der Waals surface area contributed by atoms with Crippen molar-refractivity contribution in [2.45, 2.75) is 45.7 Å². The van der Waals surface area contributed by atoms with Crippen molar-refractivity contribution >= 4 is 34.7 Å². The summed E-state index contributed by atoms with van der Waals surface area (Å²) in [5, 5.41) is 9.59. The number of rotatable bonds is 7. The predicted octanol–water partition coefficient (Wildman–Crippen LogP) is 4.07. The van der Waals surface area contributed by atoms with Gasteiger partial charge < -0.3 is 10.2 Å². The number of amides is 3. The van der Waals surface area contributed by atoms with Gasteiger partial charge in [0.05, 0.1) is 35.1 Å². The van der Waals surface area contributed by atoms with Gasteiger partial charge in [-0.2, -0.15) is 5.10 Å². The van der Waals surface area contributed by atoms with E-state index in [1.54, 1.807) is 22.1 Å². The van der Waals surface area contributed by atoms with Crippen LogP contribution in [0.15, 0.2) is 41.9 Å². The number of benzene rings is 1. The Kier molecular flexibility index (Phi) is 6.66. The molecule has 0 spiro atoms. The van der Waals surface area contributed by atoms with E-state index in [0.29, 0.717) is 37.1 Å². The Morgan fingerprint density at radius 2 is 1.94 bits per heavy atom. The topological polar surface area (TPSA) is 87.5 Å². The molecule has 3 amide bonds. The minimum absolute atomic E-state index is 0.0472. The SMILES string of the molecule is CC[C@H](NC(=O)C1CCN(c2cccc3c2C(=O)N(Cc2cn(C)nc2C)C3=O)CC1)c1cccs1. The molecule has 2 aliphatic heterocycles. The molecule has 0 saturated carbocycles.